The number of fused-ring (bicyclic) bond motifs is 1. The van der Waals surface area contributed by atoms with Crippen molar-refractivity contribution >= 4 is 11.8 Å². The molecule has 0 bridgehead atoms. The third-order valence-electron chi connectivity index (χ3n) is 3.98. The Morgan fingerprint density at radius 2 is 2.19 bits per heavy atom. The highest BCUT2D eigenvalue weighted by atomic mass is 16.7. The standard InChI is InChI=1S/C16H16O5/c1-2-8-19-15(18)16(7-3-4-14(16)17)11-5-6-12-13(9-11)21-10-20-12/h2,5-6,9H,1,3-4,7-8,10H2. The second-order valence-electron chi connectivity index (χ2n) is 5.14. The minimum Gasteiger partial charge on any atom is -0.460 e. The van der Waals surface area contributed by atoms with Crippen molar-refractivity contribution in [2.45, 2.75) is 24.7 Å². The average Bonchev–Trinajstić information content (AvgIpc) is 3.10. The molecule has 3 rings (SSSR count). The molecular formula is C16H16O5. The quantitative estimate of drug-likeness (QED) is 0.482. The molecule has 5 nitrogen and oxygen atoms in total. The minimum atomic E-state index is -1.22. The number of hydrogen-bond donors (Lipinski definition) is 0. The number of rotatable bonds is 4. The minimum absolute atomic E-state index is 0.0956. The van der Waals surface area contributed by atoms with E-state index in [0.717, 1.165) is 0 Å². The van der Waals surface area contributed by atoms with Crippen LogP contribution in [0.5, 0.6) is 11.5 Å². The lowest BCUT2D eigenvalue weighted by Crippen LogP contribution is -2.41. The summed E-state index contributed by atoms with van der Waals surface area (Å²) in [5.74, 6) is 0.570. The van der Waals surface area contributed by atoms with Crippen molar-refractivity contribution in [3.63, 3.8) is 0 Å². The summed E-state index contributed by atoms with van der Waals surface area (Å²) in [7, 11) is 0. The normalized spacial score (nSPS) is 23.1. The highest BCUT2D eigenvalue weighted by Crippen LogP contribution is 2.43. The first kappa shape index (κ1) is 13.7. The summed E-state index contributed by atoms with van der Waals surface area (Å²) in [5.41, 5.74) is -0.604. The molecule has 2 aliphatic rings. The first-order chi connectivity index (χ1) is 10.2. The van der Waals surface area contributed by atoms with Gasteiger partial charge in [0.2, 0.25) is 6.79 Å². The zero-order chi connectivity index (χ0) is 14.9. The van der Waals surface area contributed by atoms with Crippen molar-refractivity contribution < 1.29 is 23.8 Å². The fourth-order valence-electron chi connectivity index (χ4n) is 2.93. The lowest BCUT2D eigenvalue weighted by atomic mass is 9.78. The molecule has 1 saturated carbocycles. The number of Topliss-reactive ketones (excluding diaryl/α,β-unsaturated/α-hetero) is 1. The Morgan fingerprint density at radius 3 is 2.90 bits per heavy atom. The zero-order valence-electron chi connectivity index (χ0n) is 11.6. The van der Waals surface area contributed by atoms with E-state index in [1.165, 1.54) is 6.08 Å². The van der Waals surface area contributed by atoms with E-state index in [-0.39, 0.29) is 19.2 Å². The maximum absolute atomic E-state index is 12.5. The highest BCUT2D eigenvalue weighted by molar-refractivity contribution is 6.11. The molecule has 1 aliphatic heterocycles. The van der Waals surface area contributed by atoms with Crippen molar-refractivity contribution in [2.24, 2.45) is 0 Å². The summed E-state index contributed by atoms with van der Waals surface area (Å²) in [6.07, 6.45) is 3.01. The van der Waals surface area contributed by atoms with Crippen molar-refractivity contribution in [1.29, 1.82) is 0 Å². The Kier molecular flexibility index (Phi) is 3.41. The lowest BCUT2D eigenvalue weighted by Gasteiger charge is -2.25. The molecule has 5 heteroatoms. The molecule has 0 spiro atoms. The summed E-state index contributed by atoms with van der Waals surface area (Å²) < 4.78 is 15.8. The Balaban J connectivity index is 2.01. The van der Waals surface area contributed by atoms with Gasteiger partial charge >= 0.3 is 5.97 Å². The second-order valence-corrected chi connectivity index (χ2v) is 5.14. The highest BCUT2D eigenvalue weighted by Gasteiger charge is 2.51. The average molecular weight is 288 g/mol. The molecule has 1 unspecified atom stereocenters. The third kappa shape index (κ3) is 2.09. The second kappa shape index (κ2) is 5.24. The van der Waals surface area contributed by atoms with Gasteiger partial charge in [-0.2, -0.15) is 0 Å². The Morgan fingerprint density at radius 1 is 1.38 bits per heavy atom. The summed E-state index contributed by atoms with van der Waals surface area (Å²) in [6, 6.07) is 5.18. The molecule has 21 heavy (non-hydrogen) atoms. The molecule has 0 amide bonds. The van der Waals surface area contributed by atoms with Crippen LogP contribution in [-0.4, -0.2) is 25.2 Å². The van der Waals surface area contributed by atoms with Gasteiger partial charge in [0.25, 0.3) is 0 Å². The van der Waals surface area contributed by atoms with Gasteiger partial charge in [-0.15, -0.1) is 0 Å². The predicted octanol–water partition coefficient (Wildman–Crippen LogP) is 2.14. The summed E-state index contributed by atoms with van der Waals surface area (Å²) in [5, 5.41) is 0. The number of ketones is 1. The van der Waals surface area contributed by atoms with Gasteiger partial charge in [-0.3, -0.25) is 9.59 Å². The first-order valence-corrected chi connectivity index (χ1v) is 6.90. The maximum atomic E-state index is 12.5. The predicted molar refractivity (Wildman–Crippen MR) is 74.3 cm³/mol. The summed E-state index contributed by atoms with van der Waals surface area (Å²) in [6.45, 7) is 3.77. The van der Waals surface area contributed by atoms with Gasteiger partial charge in [0.15, 0.2) is 22.7 Å². The van der Waals surface area contributed by atoms with Gasteiger partial charge in [0, 0.05) is 6.42 Å². The van der Waals surface area contributed by atoms with Gasteiger partial charge in [-0.1, -0.05) is 18.7 Å². The van der Waals surface area contributed by atoms with Gasteiger partial charge in [-0.05, 0) is 30.5 Å². The maximum Gasteiger partial charge on any atom is 0.324 e. The monoisotopic (exact) mass is 288 g/mol. The number of carbonyl (C=O) groups is 2. The molecule has 110 valence electrons. The Hall–Kier alpha value is -2.30. The smallest absolute Gasteiger partial charge is 0.324 e. The van der Waals surface area contributed by atoms with E-state index in [0.29, 0.717) is 36.3 Å². The van der Waals surface area contributed by atoms with Gasteiger partial charge < -0.3 is 14.2 Å². The molecule has 1 aliphatic carbocycles. The van der Waals surface area contributed by atoms with Crippen LogP contribution in [0.4, 0.5) is 0 Å². The van der Waals surface area contributed by atoms with E-state index >= 15 is 0 Å². The van der Waals surface area contributed by atoms with Crippen LogP contribution in [0.3, 0.4) is 0 Å². The topological polar surface area (TPSA) is 61.8 Å². The first-order valence-electron chi connectivity index (χ1n) is 6.90. The molecule has 1 aromatic rings. The van der Waals surface area contributed by atoms with E-state index in [9.17, 15) is 9.59 Å². The van der Waals surface area contributed by atoms with E-state index in [1.807, 2.05) is 0 Å². The molecule has 1 heterocycles. The number of hydrogen-bond acceptors (Lipinski definition) is 5. The van der Waals surface area contributed by atoms with Crippen LogP contribution in [0, 0.1) is 0 Å². The van der Waals surface area contributed by atoms with Crippen molar-refractivity contribution in [2.75, 3.05) is 13.4 Å². The van der Waals surface area contributed by atoms with Crippen LogP contribution in [-0.2, 0) is 19.7 Å². The van der Waals surface area contributed by atoms with E-state index < -0.39 is 11.4 Å². The van der Waals surface area contributed by atoms with Gasteiger partial charge in [0.05, 0.1) is 0 Å². The van der Waals surface area contributed by atoms with E-state index in [2.05, 4.69) is 6.58 Å². The van der Waals surface area contributed by atoms with Crippen molar-refractivity contribution in [3.8, 4) is 11.5 Å². The summed E-state index contributed by atoms with van der Waals surface area (Å²) >= 11 is 0. The largest absolute Gasteiger partial charge is 0.460 e. The van der Waals surface area contributed by atoms with Crippen LogP contribution in [0.2, 0.25) is 0 Å². The van der Waals surface area contributed by atoms with E-state index in [4.69, 9.17) is 14.2 Å². The van der Waals surface area contributed by atoms with Crippen LogP contribution in [0.25, 0.3) is 0 Å². The fraction of sp³-hybridized carbons (Fsp3) is 0.375. The molecule has 1 fully saturated rings. The van der Waals surface area contributed by atoms with Gasteiger partial charge in [-0.25, -0.2) is 0 Å². The van der Waals surface area contributed by atoms with Crippen molar-refractivity contribution in [1.82, 2.24) is 0 Å². The van der Waals surface area contributed by atoms with Gasteiger partial charge in [0.1, 0.15) is 6.61 Å². The Labute approximate surface area is 122 Å². The van der Waals surface area contributed by atoms with Crippen LogP contribution < -0.4 is 9.47 Å². The van der Waals surface area contributed by atoms with E-state index in [1.54, 1.807) is 18.2 Å². The van der Waals surface area contributed by atoms with Crippen molar-refractivity contribution in [3.05, 3.63) is 36.4 Å². The summed E-state index contributed by atoms with van der Waals surface area (Å²) in [4.78, 5) is 24.9. The molecule has 0 saturated heterocycles. The number of ether oxygens (including phenoxy) is 3. The molecule has 0 N–H and O–H groups in total. The lowest BCUT2D eigenvalue weighted by molar-refractivity contribution is -0.152. The van der Waals surface area contributed by atoms with Crippen LogP contribution in [0.15, 0.2) is 30.9 Å². The molecule has 0 radical (unpaired) electrons. The molecular weight excluding hydrogens is 272 g/mol. The molecule has 1 atom stereocenters. The Bertz CT molecular complexity index is 607. The fourth-order valence-corrected chi connectivity index (χ4v) is 2.93. The molecule has 0 aromatic heterocycles. The zero-order valence-corrected chi connectivity index (χ0v) is 11.6. The number of benzene rings is 1. The van der Waals surface area contributed by atoms with Crippen LogP contribution >= 0.6 is 0 Å². The van der Waals surface area contributed by atoms with Crippen LogP contribution in [0.1, 0.15) is 24.8 Å². The number of carbonyl (C=O) groups excluding carboxylic acids is 2. The SMILES string of the molecule is C=CCOC(=O)C1(c2ccc3c(c2)OCO3)CCCC1=O. The third-order valence-corrected chi connectivity index (χ3v) is 3.98. The molecule has 1 aromatic carbocycles. The number of esters is 1.